The number of nitrogen functional groups attached to an aromatic ring is 1. The van der Waals surface area contributed by atoms with Crippen molar-refractivity contribution >= 4 is 29.1 Å². The number of hydrogen-bond donors (Lipinski definition) is 1. The van der Waals surface area contributed by atoms with Crippen LogP contribution in [-0.2, 0) is 5.75 Å². The Hall–Kier alpha value is -0.220. The van der Waals surface area contributed by atoms with Crippen LogP contribution in [0.3, 0.4) is 0 Å². The first-order chi connectivity index (χ1) is 4.33. The van der Waals surface area contributed by atoms with Crippen LogP contribution in [0.15, 0.2) is 6.07 Å². The molecule has 0 radical (unpaired) electrons. The molecule has 0 bridgehead atoms. The van der Waals surface area contributed by atoms with Crippen LogP contribution in [0.1, 0.15) is 4.88 Å². The number of aromatic nitrogens is 1. The minimum absolute atomic E-state index is 0.643. The third kappa shape index (κ3) is 1.87. The minimum Gasteiger partial charge on any atom is -0.383 e. The summed E-state index contributed by atoms with van der Waals surface area (Å²) in [5.74, 6) is 1.67. The van der Waals surface area contributed by atoms with Gasteiger partial charge in [-0.15, -0.1) is 0 Å². The van der Waals surface area contributed by atoms with Gasteiger partial charge in [0.15, 0.2) is 0 Å². The highest BCUT2D eigenvalue weighted by Gasteiger charge is 1.94. The smallest absolute Gasteiger partial charge is 0.137 e. The van der Waals surface area contributed by atoms with Gasteiger partial charge in [-0.3, -0.25) is 0 Å². The fourth-order valence-electron chi connectivity index (χ4n) is 0.539. The lowest BCUT2D eigenvalue weighted by Gasteiger charge is -1.84. The number of nitrogens with two attached hydrogens (primary N) is 1. The average molecular weight is 160 g/mol. The van der Waals surface area contributed by atoms with Gasteiger partial charge >= 0.3 is 0 Å². The highest BCUT2D eigenvalue weighted by molar-refractivity contribution is 7.97. The van der Waals surface area contributed by atoms with E-state index in [-0.39, 0.29) is 0 Å². The zero-order valence-corrected chi connectivity index (χ0v) is 6.76. The van der Waals surface area contributed by atoms with Gasteiger partial charge < -0.3 is 5.73 Å². The van der Waals surface area contributed by atoms with E-state index >= 15 is 0 Å². The van der Waals surface area contributed by atoms with Crippen molar-refractivity contribution in [3.63, 3.8) is 0 Å². The maximum atomic E-state index is 5.40. The maximum Gasteiger partial charge on any atom is 0.137 e. The summed E-state index contributed by atoms with van der Waals surface area (Å²) >= 11 is 3.26. The zero-order chi connectivity index (χ0) is 6.69. The van der Waals surface area contributed by atoms with Crippen LogP contribution in [0, 0.1) is 0 Å². The molecule has 0 unspecified atom stereocenters. The minimum atomic E-state index is 0.643. The summed E-state index contributed by atoms with van der Waals surface area (Å²) in [6.07, 6.45) is 2.07. The molecule has 0 amide bonds. The Labute approximate surface area is 62.6 Å². The van der Waals surface area contributed by atoms with Crippen LogP contribution in [0.4, 0.5) is 5.82 Å². The number of thioether (sulfide) groups is 1. The van der Waals surface area contributed by atoms with Gasteiger partial charge in [0.2, 0.25) is 0 Å². The Bertz CT molecular complexity index is 185. The first-order valence-electron chi connectivity index (χ1n) is 2.53. The molecule has 1 heterocycles. The summed E-state index contributed by atoms with van der Waals surface area (Å²) in [4.78, 5) is 1.25. The molecule has 0 aliphatic carbocycles. The van der Waals surface area contributed by atoms with E-state index < -0.39 is 0 Å². The predicted molar refractivity (Wildman–Crippen MR) is 43.7 cm³/mol. The van der Waals surface area contributed by atoms with E-state index in [0.717, 1.165) is 5.75 Å². The fraction of sp³-hybridized carbons (Fsp3) is 0.400. The summed E-state index contributed by atoms with van der Waals surface area (Å²) in [6.45, 7) is 0. The standard InChI is InChI=1S/C5H8N2S2/c1-8-3-4-2-5(6)7-9-4/h2H,3H2,1H3,(H2,6,7). The third-order valence-corrected chi connectivity index (χ3v) is 2.44. The lowest BCUT2D eigenvalue weighted by molar-refractivity contribution is 1.53. The SMILES string of the molecule is CSCc1cc(N)ns1. The van der Waals surface area contributed by atoms with Crippen LogP contribution >= 0.6 is 23.3 Å². The second-order valence-electron chi connectivity index (χ2n) is 1.65. The molecule has 1 aromatic rings. The van der Waals surface area contributed by atoms with Crippen molar-refractivity contribution in [1.82, 2.24) is 4.37 Å². The van der Waals surface area contributed by atoms with Crippen molar-refractivity contribution in [2.24, 2.45) is 0 Å². The number of nitrogens with zero attached hydrogens (tertiary/aromatic N) is 1. The van der Waals surface area contributed by atoms with Gasteiger partial charge in [-0.25, -0.2) is 0 Å². The molecule has 0 fully saturated rings. The van der Waals surface area contributed by atoms with Crippen molar-refractivity contribution in [3.05, 3.63) is 10.9 Å². The zero-order valence-electron chi connectivity index (χ0n) is 5.13. The molecule has 0 aromatic carbocycles. The van der Waals surface area contributed by atoms with E-state index in [0.29, 0.717) is 5.82 Å². The van der Waals surface area contributed by atoms with Gasteiger partial charge in [0.25, 0.3) is 0 Å². The first-order valence-corrected chi connectivity index (χ1v) is 4.69. The Morgan fingerprint density at radius 3 is 3.11 bits per heavy atom. The molecule has 0 spiro atoms. The summed E-state index contributed by atoms with van der Waals surface area (Å²) in [6, 6.07) is 1.92. The predicted octanol–water partition coefficient (Wildman–Crippen LogP) is 1.59. The van der Waals surface area contributed by atoms with Crippen molar-refractivity contribution < 1.29 is 0 Å². The molecule has 50 valence electrons. The van der Waals surface area contributed by atoms with E-state index in [4.69, 9.17) is 5.73 Å². The van der Waals surface area contributed by atoms with E-state index in [9.17, 15) is 0 Å². The lowest BCUT2D eigenvalue weighted by atomic mass is 10.5. The average Bonchev–Trinajstić information content (AvgIpc) is 2.17. The van der Waals surface area contributed by atoms with Crippen LogP contribution in [-0.4, -0.2) is 10.6 Å². The molecule has 2 N–H and O–H groups in total. The largest absolute Gasteiger partial charge is 0.383 e. The number of anilines is 1. The normalized spacial score (nSPS) is 9.89. The molecular formula is C5H8N2S2. The first kappa shape index (κ1) is 6.89. The molecule has 0 saturated carbocycles. The second kappa shape index (κ2) is 3.08. The van der Waals surface area contributed by atoms with E-state index in [1.54, 1.807) is 11.8 Å². The number of hydrogen-bond acceptors (Lipinski definition) is 4. The second-order valence-corrected chi connectivity index (χ2v) is 3.41. The highest BCUT2D eigenvalue weighted by Crippen LogP contribution is 2.16. The van der Waals surface area contributed by atoms with Gasteiger partial charge in [-0.05, 0) is 23.9 Å². The molecule has 4 heteroatoms. The van der Waals surface area contributed by atoms with Crippen LogP contribution in [0.5, 0.6) is 0 Å². The maximum absolute atomic E-state index is 5.40. The Morgan fingerprint density at radius 2 is 2.67 bits per heavy atom. The fourth-order valence-corrected chi connectivity index (χ4v) is 1.92. The van der Waals surface area contributed by atoms with Crippen LogP contribution < -0.4 is 5.73 Å². The molecule has 0 atom stereocenters. The van der Waals surface area contributed by atoms with Crippen molar-refractivity contribution in [2.45, 2.75) is 5.75 Å². The molecular weight excluding hydrogens is 152 g/mol. The molecule has 0 saturated heterocycles. The van der Waals surface area contributed by atoms with E-state index in [1.807, 2.05) is 6.07 Å². The number of rotatable bonds is 2. The molecule has 0 aliphatic rings. The van der Waals surface area contributed by atoms with Crippen molar-refractivity contribution in [3.8, 4) is 0 Å². The van der Waals surface area contributed by atoms with Crippen molar-refractivity contribution in [2.75, 3.05) is 12.0 Å². The van der Waals surface area contributed by atoms with E-state index in [1.165, 1.54) is 16.4 Å². The van der Waals surface area contributed by atoms with Gasteiger partial charge in [0.05, 0.1) is 0 Å². The van der Waals surface area contributed by atoms with Gasteiger partial charge in [0.1, 0.15) is 5.82 Å². The third-order valence-electron chi connectivity index (χ3n) is 0.864. The topological polar surface area (TPSA) is 38.9 Å². The lowest BCUT2D eigenvalue weighted by Crippen LogP contribution is -1.79. The van der Waals surface area contributed by atoms with Gasteiger partial charge in [0, 0.05) is 10.6 Å². The van der Waals surface area contributed by atoms with Crippen LogP contribution in [0.25, 0.3) is 0 Å². The van der Waals surface area contributed by atoms with Crippen LogP contribution in [0.2, 0.25) is 0 Å². The van der Waals surface area contributed by atoms with Crippen molar-refractivity contribution in [1.29, 1.82) is 0 Å². The Kier molecular flexibility index (Phi) is 2.36. The quantitative estimate of drug-likeness (QED) is 0.714. The molecule has 9 heavy (non-hydrogen) atoms. The monoisotopic (exact) mass is 160 g/mol. The summed E-state index contributed by atoms with van der Waals surface area (Å²) in [5.41, 5.74) is 5.40. The Morgan fingerprint density at radius 1 is 1.89 bits per heavy atom. The summed E-state index contributed by atoms with van der Waals surface area (Å²) in [7, 11) is 0. The molecule has 2 nitrogen and oxygen atoms in total. The summed E-state index contributed by atoms with van der Waals surface area (Å²) in [5, 5.41) is 0. The molecule has 0 aliphatic heterocycles. The highest BCUT2D eigenvalue weighted by atomic mass is 32.2. The molecule has 1 rings (SSSR count). The Balaban J connectivity index is 2.61. The molecule has 1 aromatic heterocycles. The summed E-state index contributed by atoms with van der Waals surface area (Å²) < 4.78 is 3.94. The van der Waals surface area contributed by atoms with E-state index in [2.05, 4.69) is 10.6 Å². The van der Waals surface area contributed by atoms with Gasteiger partial charge in [-0.1, -0.05) is 0 Å². The van der Waals surface area contributed by atoms with Gasteiger partial charge in [-0.2, -0.15) is 16.1 Å².